The molecule has 0 aromatic rings. The summed E-state index contributed by atoms with van der Waals surface area (Å²) in [7, 11) is 0. The Labute approximate surface area is 277 Å². The van der Waals surface area contributed by atoms with Crippen LogP contribution in [0.1, 0.15) is 129 Å². The van der Waals surface area contributed by atoms with Crippen LogP contribution >= 0.6 is 0 Å². The summed E-state index contributed by atoms with van der Waals surface area (Å²) in [6, 6.07) is 0. The Morgan fingerprint density at radius 3 is 1.69 bits per heavy atom. The Balaban J connectivity index is 0.000000337. The van der Waals surface area contributed by atoms with Gasteiger partial charge in [-0.2, -0.15) is 0 Å². The van der Waals surface area contributed by atoms with E-state index >= 15 is 0 Å². The second kappa shape index (κ2) is 16.8. The largest absolute Gasteiger partial charge is 0.295 e. The number of carbonyl (C=O) groups is 3. The lowest BCUT2D eigenvalue weighted by molar-refractivity contribution is -0.113. The lowest BCUT2D eigenvalue weighted by Gasteiger charge is -2.44. The van der Waals surface area contributed by atoms with Gasteiger partial charge in [0.1, 0.15) is 0 Å². The van der Waals surface area contributed by atoms with Gasteiger partial charge in [-0.1, -0.05) is 110 Å². The fourth-order valence-electron chi connectivity index (χ4n) is 7.00. The van der Waals surface area contributed by atoms with Crippen molar-refractivity contribution in [2.75, 3.05) is 0 Å². The van der Waals surface area contributed by atoms with E-state index in [9.17, 15) is 14.4 Å². The van der Waals surface area contributed by atoms with Gasteiger partial charge in [0.05, 0.1) is 0 Å². The highest BCUT2D eigenvalue weighted by Crippen LogP contribution is 2.48. The third kappa shape index (κ3) is 11.3. The van der Waals surface area contributed by atoms with Gasteiger partial charge in [0.25, 0.3) is 0 Å². The Bertz CT molecular complexity index is 1220. The molecule has 0 saturated heterocycles. The molecule has 5 unspecified atom stereocenters. The summed E-state index contributed by atoms with van der Waals surface area (Å²) >= 11 is 0. The van der Waals surface area contributed by atoms with Crippen molar-refractivity contribution in [1.29, 1.82) is 0 Å². The molecule has 1 fully saturated rings. The molecule has 45 heavy (non-hydrogen) atoms. The fourth-order valence-corrected chi connectivity index (χ4v) is 7.00. The summed E-state index contributed by atoms with van der Waals surface area (Å²) in [5, 5.41) is 0. The quantitative estimate of drug-likeness (QED) is 0.220. The normalized spacial score (nSPS) is 29.1. The van der Waals surface area contributed by atoms with Crippen molar-refractivity contribution in [2.45, 2.75) is 129 Å². The molecule has 3 nitrogen and oxygen atoms in total. The molecule has 252 valence electrons. The van der Waals surface area contributed by atoms with Crippen molar-refractivity contribution in [3.8, 4) is 0 Å². The summed E-state index contributed by atoms with van der Waals surface area (Å²) in [6.07, 6.45) is 19.4. The first-order valence-electron chi connectivity index (χ1n) is 17.2. The first kappa shape index (κ1) is 40.5. The summed E-state index contributed by atoms with van der Waals surface area (Å²) in [5.41, 5.74) is 6.15. The highest BCUT2D eigenvalue weighted by Gasteiger charge is 2.38. The Kier molecular flexibility index (Phi) is 15.2. The van der Waals surface area contributed by atoms with Gasteiger partial charge in [-0.25, -0.2) is 0 Å². The van der Waals surface area contributed by atoms with Gasteiger partial charge in [-0.3, -0.25) is 14.4 Å². The molecule has 0 N–H and O–H groups in total. The van der Waals surface area contributed by atoms with Crippen molar-refractivity contribution < 1.29 is 14.4 Å². The first-order valence-corrected chi connectivity index (χ1v) is 17.2. The van der Waals surface area contributed by atoms with E-state index < -0.39 is 0 Å². The number of ketones is 3. The Hall–Kier alpha value is -2.55. The topological polar surface area (TPSA) is 51.2 Å². The van der Waals surface area contributed by atoms with Crippen LogP contribution in [0, 0.1) is 45.8 Å². The fraction of sp³-hybridized carbons (Fsp3) is 0.643. The van der Waals surface area contributed by atoms with Crippen molar-refractivity contribution >= 4 is 17.3 Å². The van der Waals surface area contributed by atoms with Gasteiger partial charge >= 0.3 is 0 Å². The van der Waals surface area contributed by atoms with E-state index in [1.54, 1.807) is 39.0 Å². The molecular formula is C42H66O3. The molecule has 0 heterocycles. The smallest absolute Gasteiger partial charge is 0.152 e. The molecule has 3 aliphatic carbocycles. The second-order valence-corrected chi connectivity index (χ2v) is 16.0. The molecule has 0 aliphatic heterocycles. The minimum absolute atomic E-state index is 0.122. The zero-order valence-electron chi connectivity index (χ0n) is 31.4. The number of allylic oxidation sites excluding steroid dienone is 11. The van der Waals surface area contributed by atoms with Crippen LogP contribution in [0.15, 0.2) is 71.4 Å². The standard InChI is InChI=1S/3C14H22O/c3*1-10-6-7-11(2)14(4,5)13(10)9-8-12(3)15/h8-9,11H,6-7H2,1-5H3;6,8-9,11,13H,7H2,1-5H3;8-9,11,13H,1,6-7H2,2-5H3/b3*9-8+. The molecule has 3 rings (SSSR count). The predicted molar refractivity (Wildman–Crippen MR) is 194 cm³/mol. The molecule has 1 saturated carbocycles. The lowest BCUT2D eigenvalue weighted by atomic mass is 9.61. The van der Waals surface area contributed by atoms with E-state index in [0.717, 1.165) is 12.8 Å². The summed E-state index contributed by atoms with van der Waals surface area (Å²) < 4.78 is 0. The van der Waals surface area contributed by atoms with Gasteiger partial charge in [0.15, 0.2) is 17.3 Å². The van der Waals surface area contributed by atoms with Crippen LogP contribution in [0.3, 0.4) is 0 Å². The van der Waals surface area contributed by atoms with Crippen LogP contribution in [0.5, 0.6) is 0 Å². The Morgan fingerprint density at radius 2 is 1.18 bits per heavy atom. The zero-order chi connectivity index (χ0) is 34.9. The highest BCUT2D eigenvalue weighted by molar-refractivity contribution is 5.88. The molecule has 5 atom stereocenters. The Morgan fingerprint density at radius 1 is 0.711 bits per heavy atom. The third-order valence-corrected chi connectivity index (χ3v) is 11.6. The minimum atomic E-state index is 0.122. The molecule has 0 amide bonds. The van der Waals surface area contributed by atoms with Crippen LogP contribution < -0.4 is 0 Å². The van der Waals surface area contributed by atoms with E-state index in [1.165, 1.54) is 41.6 Å². The van der Waals surface area contributed by atoms with Crippen molar-refractivity contribution in [3.63, 3.8) is 0 Å². The summed E-state index contributed by atoms with van der Waals surface area (Å²) in [6.45, 7) is 33.9. The van der Waals surface area contributed by atoms with Crippen LogP contribution in [-0.2, 0) is 14.4 Å². The monoisotopic (exact) mass is 619 g/mol. The minimum Gasteiger partial charge on any atom is -0.295 e. The van der Waals surface area contributed by atoms with E-state index in [2.05, 4.69) is 94.9 Å². The SMILES string of the molecule is C=C1CCC(C)C(C)(C)C1/C=C/C(C)=O.CC(=O)/C=C/C1=C(C)CCC(C)C1(C)C.CC(=O)/C=C/C1C(C)=CCC(C)C1(C)C. The van der Waals surface area contributed by atoms with Gasteiger partial charge in [-0.15, -0.1) is 0 Å². The molecule has 3 heteroatoms. The summed E-state index contributed by atoms with van der Waals surface area (Å²) in [5.74, 6) is 3.19. The second-order valence-electron chi connectivity index (χ2n) is 16.0. The third-order valence-electron chi connectivity index (χ3n) is 11.6. The van der Waals surface area contributed by atoms with Gasteiger partial charge < -0.3 is 0 Å². The van der Waals surface area contributed by atoms with Crippen LogP contribution in [0.4, 0.5) is 0 Å². The lowest BCUT2D eigenvalue weighted by Crippen LogP contribution is -2.35. The van der Waals surface area contributed by atoms with E-state index in [4.69, 9.17) is 0 Å². The number of hydrogen-bond donors (Lipinski definition) is 0. The van der Waals surface area contributed by atoms with E-state index in [-0.39, 0.29) is 33.6 Å². The average molecular weight is 619 g/mol. The predicted octanol–water partition coefficient (Wildman–Crippen LogP) is 11.4. The summed E-state index contributed by atoms with van der Waals surface area (Å²) in [4.78, 5) is 32.9. The molecule has 0 spiro atoms. The van der Waals surface area contributed by atoms with Crippen LogP contribution in [0.25, 0.3) is 0 Å². The molecule has 0 aromatic heterocycles. The molecule has 3 aliphatic rings. The molecule has 0 bridgehead atoms. The van der Waals surface area contributed by atoms with E-state index in [0.29, 0.717) is 29.6 Å². The van der Waals surface area contributed by atoms with Crippen molar-refractivity contribution in [1.82, 2.24) is 0 Å². The van der Waals surface area contributed by atoms with Gasteiger partial charge in [0, 0.05) is 11.8 Å². The average Bonchev–Trinajstić information content (AvgIpc) is 2.91. The van der Waals surface area contributed by atoms with Crippen LogP contribution in [0.2, 0.25) is 0 Å². The zero-order valence-corrected chi connectivity index (χ0v) is 31.4. The highest BCUT2D eigenvalue weighted by atomic mass is 16.1. The number of hydrogen-bond acceptors (Lipinski definition) is 3. The maximum atomic E-state index is 11.0. The maximum absolute atomic E-state index is 11.0. The van der Waals surface area contributed by atoms with Crippen molar-refractivity contribution in [2.24, 2.45) is 45.8 Å². The molecular weight excluding hydrogens is 552 g/mol. The van der Waals surface area contributed by atoms with Gasteiger partial charge in [0.2, 0.25) is 0 Å². The maximum Gasteiger partial charge on any atom is 0.152 e. The van der Waals surface area contributed by atoms with Crippen molar-refractivity contribution in [3.05, 3.63) is 71.4 Å². The molecule has 0 aromatic carbocycles. The first-order chi connectivity index (χ1) is 20.6. The van der Waals surface area contributed by atoms with Gasteiger partial charge in [-0.05, 0) is 125 Å². The van der Waals surface area contributed by atoms with E-state index in [1.807, 2.05) is 12.2 Å². The number of carbonyl (C=O) groups excluding carboxylic acids is 3. The van der Waals surface area contributed by atoms with Crippen LogP contribution in [-0.4, -0.2) is 17.3 Å². The molecule has 0 radical (unpaired) electrons. The number of rotatable bonds is 6.